The van der Waals surface area contributed by atoms with E-state index in [-0.39, 0.29) is 0 Å². The van der Waals surface area contributed by atoms with Gasteiger partial charge in [0.05, 0.1) is 6.54 Å². The van der Waals surface area contributed by atoms with E-state index in [1.165, 1.54) is 35.6 Å². The predicted molar refractivity (Wildman–Crippen MR) is 79.9 cm³/mol. The summed E-state index contributed by atoms with van der Waals surface area (Å²) in [7, 11) is 0. The summed E-state index contributed by atoms with van der Waals surface area (Å²) >= 11 is 1.45. The van der Waals surface area contributed by atoms with Gasteiger partial charge in [0.15, 0.2) is 0 Å². The second kappa shape index (κ2) is 5.57. The Morgan fingerprint density at radius 2 is 2.26 bits per heavy atom. The monoisotopic (exact) mass is 274 g/mol. The van der Waals surface area contributed by atoms with E-state index in [1.807, 2.05) is 0 Å². The van der Waals surface area contributed by atoms with Gasteiger partial charge in [-0.05, 0) is 31.4 Å². The van der Waals surface area contributed by atoms with Crippen molar-refractivity contribution in [3.8, 4) is 0 Å². The molecule has 5 heteroatoms. The lowest BCUT2D eigenvalue weighted by Crippen LogP contribution is -2.29. The van der Waals surface area contributed by atoms with Gasteiger partial charge in [0.2, 0.25) is 0 Å². The Morgan fingerprint density at radius 1 is 1.37 bits per heavy atom. The molecule has 1 aliphatic rings. The van der Waals surface area contributed by atoms with E-state index >= 15 is 0 Å². The number of para-hydroxylation sites is 1. The molecule has 2 heterocycles. The molecule has 100 valence electrons. The van der Waals surface area contributed by atoms with E-state index in [4.69, 9.17) is 0 Å². The Labute approximate surface area is 117 Å². The van der Waals surface area contributed by atoms with Gasteiger partial charge in [-0.15, -0.1) is 5.10 Å². The summed E-state index contributed by atoms with van der Waals surface area (Å²) in [6.45, 7) is 4.95. The summed E-state index contributed by atoms with van der Waals surface area (Å²) < 4.78 is 4.06. The molecule has 4 nitrogen and oxygen atoms in total. The molecule has 19 heavy (non-hydrogen) atoms. The first-order chi connectivity index (χ1) is 9.38. The van der Waals surface area contributed by atoms with Gasteiger partial charge in [0.25, 0.3) is 0 Å². The SMILES string of the molecule is CCNc1snnc1CN1CCCc2ccccc21. The average molecular weight is 274 g/mol. The molecule has 3 rings (SSSR count). The highest BCUT2D eigenvalue weighted by atomic mass is 32.1. The van der Waals surface area contributed by atoms with Gasteiger partial charge in [0, 0.05) is 30.3 Å². The molecule has 0 spiro atoms. The highest BCUT2D eigenvalue weighted by Gasteiger charge is 2.19. The zero-order valence-electron chi connectivity index (χ0n) is 11.1. The summed E-state index contributed by atoms with van der Waals surface area (Å²) in [5.41, 5.74) is 3.86. The number of nitrogens with zero attached hydrogens (tertiary/aromatic N) is 3. The molecule has 1 N–H and O–H groups in total. The van der Waals surface area contributed by atoms with Crippen molar-refractivity contribution in [2.24, 2.45) is 0 Å². The van der Waals surface area contributed by atoms with Crippen molar-refractivity contribution in [1.82, 2.24) is 9.59 Å². The molecule has 0 amide bonds. The Balaban J connectivity index is 1.82. The zero-order chi connectivity index (χ0) is 13.1. The third-order valence-electron chi connectivity index (χ3n) is 3.44. The average Bonchev–Trinajstić information content (AvgIpc) is 2.87. The van der Waals surface area contributed by atoms with E-state index in [9.17, 15) is 0 Å². The quantitative estimate of drug-likeness (QED) is 0.930. The van der Waals surface area contributed by atoms with Crippen molar-refractivity contribution in [2.75, 3.05) is 23.3 Å². The number of benzene rings is 1. The lowest BCUT2D eigenvalue weighted by molar-refractivity contribution is 0.683. The van der Waals surface area contributed by atoms with Crippen molar-refractivity contribution < 1.29 is 0 Å². The Bertz CT molecular complexity index is 552. The highest BCUT2D eigenvalue weighted by Crippen LogP contribution is 2.29. The number of anilines is 2. The van der Waals surface area contributed by atoms with Crippen LogP contribution in [0.2, 0.25) is 0 Å². The second-order valence-corrected chi connectivity index (χ2v) is 5.49. The molecular weight excluding hydrogens is 256 g/mol. The maximum Gasteiger partial charge on any atom is 0.135 e. The van der Waals surface area contributed by atoms with Crippen molar-refractivity contribution in [3.63, 3.8) is 0 Å². The normalized spacial score (nSPS) is 14.3. The lowest BCUT2D eigenvalue weighted by Gasteiger charge is -2.30. The highest BCUT2D eigenvalue weighted by molar-refractivity contribution is 7.10. The Kier molecular flexibility index (Phi) is 3.64. The Hall–Kier alpha value is -1.62. The van der Waals surface area contributed by atoms with Crippen LogP contribution in [0, 0.1) is 0 Å². The molecule has 0 atom stereocenters. The van der Waals surface area contributed by atoms with E-state index < -0.39 is 0 Å². The van der Waals surface area contributed by atoms with Gasteiger partial charge in [-0.1, -0.05) is 22.7 Å². The van der Waals surface area contributed by atoms with Crippen molar-refractivity contribution in [2.45, 2.75) is 26.3 Å². The first kappa shape index (κ1) is 12.4. The molecule has 0 saturated heterocycles. The zero-order valence-corrected chi connectivity index (χ0v) is 11.9. The largest absolute Gasteiger partial charge is 0.374 e. The molecule has 1 aromatic heterocycles. The van der Waals surface area contributed by atoms with E-state index in [0.29, 0.717) is 0 Å². The van der Waals surface area contributed by atoms with Gasteiger partial charge < -0.3 is 10.2 Å². The third kappa shape index (κ3) is 2.56. The molecule has 1 aromatic carbocycles. The Morgan fingerprint density at radius 3 is 3.16 bits per heavy atom. The van der Waals surface area contributed by atoms with Crippen LogP contribution in [0.5, 0.6) is 0 Å². The minimum atomic E-state index is 0.843. The van der Waals surface area contributed by atoms with E-state index in [0.717, 1.165) is 30.3 Å². The standard InChI is InChI=1S/C14H18N4S/c1-2-15-14-12(16-17-19-14)10-18-9-5-7-11-6-3-4-8-13(11)18/h3-4,6,8,15H,2,5,7,9-10H2,1H3. The number of hydrogen-bond donors (Lipinski definition) is 1. The topological polar surface area (TPSA) is 41.1 Å². The smallest absolute Gasteiger partial charge is 0.135 e. The van der Waals surface area contributed by atoms with Crippen LogP contribution in [-0.4, -0.2) is 22.7 Å². The summed E-state index contributed by atoms with van der Waals surface area (Å²) in [6, 6.07) is 8.67. The van der Waals surface area contributed by atoms with Crippen LogP contribution < -0.4 is 10.2 Å². The van der Waals surface area contributed by atoms with Crippen LogP contribution in [0.1, 0.15) is 24.6 Å². The van der Waals surface area contributed by atoms with E-state index in [1.54, 1.807) is 0 Å². The molecule has 0 unspecified atom stereocenters. The van der Waals surface area contributed by atoms with Gasteiger partial charge in [-0.2, -0.15) is 0 Å². The van der Waals surface area contributed by atoms with Crippen molar-refractivity contribution in [1.29, 1.82) is 0 Å². The molecule has 0 fully saturated rings. The van der Waals surface area contributed by atoms with E-state index in [2.05, 4.69) is 51.0 Å². The third-order valence-corrected chi connectivity index (χ3v) is 4.17. The van der Waals surface area contributed by atoms with Gasteiger partial charge in [-0.25, -0.2) is 0 Å². The van der Waals surface area contributed by atoms with Crippen LogP contribution in [0.4, 0.5) is 10.7 Å². The number of hydrogen-bond acceptors (Lipinski definition) is 5. The van der Waals surface area contributed by atoms with Crippen LogP contribution >= 0.6 is 11.5 Å². The van der Waals surface area contributed by atoms with Crippen LogP contribution in [0.25, 0.3) is 0 Å². The number of nitrogens with one attached hydrogen (secondary N) is 1. The number of rotatable bonds is 4. The summed E-state index contributed by atoms with van der Waals surface area (Å²) in [5.74, 6) is 0. The van der Waals surface area contributed by atoms with Gasteiger partial charge >= 0.3 is 0 Å². The second-order valence-electron chi connectivity index (χ2n) is 4.73. The molecule has 0 bridgehead atoms. The van der Waals surface area contributed by atoms with Gasteiger partial charge in [-0.3, -0.25) is 0 Å². The fraction of sp³-hybridized carbons (Fsp3) is 0.429. The van der Waals surface area contributed by atoms with Gasteiger partial charge in [0.1, 0.15) is 10.7 Å². The molecule has 1 aliphatic heterocycles. The summed E-state index contributed by atoms with van der Waals surface area (Å²) in [4.78, 5) is 2.41. The number of aromatic nitrogens is 2. The lowest BCUT2D eigenvalue weighted by atomic mass is 10.0. The molecule has 0 aliphatic carbocycles. The minimum absolute atomic E-state index is 0.843. The molecule has 0 radical (unpaired) electrons. The van der Waals surface area contributed by atoms with Crippen LogP contribution in [0.3, 0.4) is 0 Å². The first-order valence-corrected chi connectivity index (χ1v) is 7.53. The fourth-order valence-electron chi connectivity index (χ4n) is 2.56. The van der Waals surface area contributed by atoms with Crippen molar-refractivity contribution >= 4 is 22.2 Å². The first-order valence-electron chi connectivity index (χ1n) is 6.76. The number of aryl methyl sites for hydroxylation is 1. The molecule has 0 saturated carbocycles. The molecular formula is C14H18N4S. The van der Waals surface area contributed by atoms with Crippen LogP contribution in [0.15, 0.2) is 24.3 Å². The summed E-state index contributed by atoms with van der Waals surface area (Å²) in [5, 5.41) is 8.71. The maximum atomic E-state index is 4.27. The predicted octanol–water partition coefficient (Wildman–Crippen LogP) is 2.92. The summed E-state index contributed by atoms with van der Waals surface area (Å²) in [6.07, 6.45) is 2.40. The number of fused-ring (bicyclic) bond motifs is 1. The fourth-order valence-corrected chi connectivity index (χ4v) is 3.20. The minimum Gasteiger partial charge on any atom is -0.374 e. The maximum absolute atomic E-state index is 4.27. The molecule has 2 aromatic rings. The van der Waals surface area contributed by atoms with Crippen molar-refractivity contribution in [3.05, 3.63) is 35.5 Å². The van der Waals surface area contributed by atoms with Crippen LogP contribution in [-0.2, 0) is 13.0 Å².